The summed E-state index contributed by atoms with van der Waals surface area (Å²) in [7, 11) is 0. The van der Waals surface area contributed by atoms with Crippen LogP contribution in [0.15, 0.2) is 12.3 Å². The fourth-order valence-corrected chi connectivity index (χ4v) is 2.66. The van der Waals surface area contributed by atoms with Crippen LogP contribution in [0.3, 0.4) is 0 Å². The van der Waals surface area contributed by atoms with Crippen molar-refractivity contribution in [3.8, 4) is 0 Å². The third kappa shape index (κ3) is 4.20. The fraction of sp³-hybridized carbons (Fsp3) is 0.688. The van der Waals surface area contributed by atoms with E-state index in [1.54, 1.807) is 0 Å². The van der Waals surface area contributed by atoms with E-state index in [9.17, 15) is 0 Å². The van der Waals surface area contributed by atoms with E-state index in [4.69, 9.17) is 0 Å². The van der Waals surface area contributed by atoms with Crippen LogP contribution < -0.4 is 10.2 Å². The van der Waals surface area contributed by atoms with Gasteiger partial charge in [-0.05, 0) is 55.8 Å². The molecule has 1 saturated heterocycles. The zero-order valence-corrected chi connectivity index (χ0v) is 12.6. The van der Waals surface area contributed by atoms with Crippen LogP contribution in [-0.4, -0.2) is 24.6 Å². The molecular weight excluding hydrogens is 234 g/mol. The van der Waals surface area contributed by atoms with Crippen molar-refractivity contribution in [2.75, 3.05) is 24.5 Å². The zero-order valence-electron chi connectivity index (χ0n) is 12.6. The van der Waals surface area contributed by atoms with Gasteiger partial charge in [-0.3, -0.25) is 0 Å². The van der Waals surface area contributed by atoms with Gasteiger partial charge in [0, 0.05) is 25.8 Å². The van der Waals surface area contributed by atoms with Crippen molar-refractivity contribution in [3.63, 3.8) is 0 Å². The van der Waals surface area contributed by atoms with Gasteiger partial charge in [-0.25, -0.2) is 4.98 Å². The Bertz CT molecular complexity index is 395. The maximum atomic E-state index is 4.69. The van der Waals surface area contributed by atoms with Gasteiger partial charge in [-0.1, -0.05) is 13.8 Å². The quantitative estimate of drug-likeness (QED) is 0.882. The summed E-state index contributed by atoms with van der Waals surface area (Å²) >= 11 is 0. The normalized spacial score (nSPS) is 16.1. The molecule has 2 rings (SSSR count). The van der Waals surface area contributed by atoms with Gasteiger partial charge in [0.05, 0.1) is 0 Å². The first-order valence-corrected chi connectivity index (χ1v) is 7.58. The number of nitrogens with one attached hydrogen (secondary N) is 1. The highest BCUT2D eigenvalue weighted by molar-refractivity contribution is 5.47. The van der Waals surface area contributed by atoms with E-state index in [2.05, 4.69) is 42.0 Å². The van der Waals surface area contributed by atoms with Crippen LogP contribution in [0.25, 0.3) is 0 Å². The molecule has 0 amide bonds. The summed E-state index contributed by atoms with van der Waals surface area (Å²) in [5.41, 5.74) is 2.60. The molecule has 106 valence electrons. The number of rotatable bonds is 5. The summed E-state index contributed by atoms with van der Waals surface area (Å²) in [4.78, 5) is 7.12. The molecule has 0 saturated carbocycles. The van der Waals surface area contributed by atoms with Crippen LogP contribution in [0.4, 0.5) is 5.82 Å². The zero-order chi connectivity index (χ0) is 13.7. The second kappa shape index (κ2) is 6.90. The van der Waals surface area contributed by atoms with Crippen LogP contribution in [-0.2, 0) is 6.54 Å². The van der Waals surface area contributed by atoms with E-state index in [0.717, 1.165) is 13.1 Å². The standard InChI is InChI=1S/C16H27N3/c1-13(2)10-17-11-15-9-14(3)16(18-12-15)19-7-5-4-6-8-19/h9,12-13,17H,4-8,10-11H2,1-3H3. The Labute approximate surface area is 117 Å². The second-order valence-corrected chi connectivity index (χ2v) is 6.06. The van der Waals surface area contributed by atoms with E-state index in [-0.39, 0.29) is 0 Å². The van der Waals surface area contributed by atoms with Crippen molar-refractivity contribution in [2.24, 2.45) is 5.92 Å². The number of hydrogen-bond donors (Lipinski definition) is 1. The van der Waals surface area contributed by atoms with Crippen LogP contribution in [0, 0.1) is 12.8 Å². The number of hydrogen-bond acceptors (Lipinski definition) is 3. The molecule has 1 aromatic rings. The van der Waals surface area contributed by atoms with Gasteiger partial charge in [-0.2, -0.15) is 0 Å². The van der Waals surface area contributed by atoms with Gasteiger partial charge >= 0.3 is 0 Å². The first-order valence-electron chi connectivity index (χ1n) is 7.58. The molecule has 3 heteroatoms. The number of aryl methyl sites for hydroxylation is 1. The summed E-state index contributed by atoms with van der Waals surface area (Å²) in [5.74, 6) is 1.88. The number of piperidine rings is 1. The molecule has 2 heterocycles. The first-order chi connectivity index (χ1) is 9.16. The molecule has 3 nitrogen and oxygen atoms in total. The first kappa shape index (κ1) is 14.3. The third-order valence-corrected chi connectivity index (χ3v) is 3.64. The SMILES string of the molecule is Cc1cc(CNCC(C)C)cnc1N1CCCCC1. The average molecular weight is 261 g/mol. The molecule has 0 spiro atoms. The Hall–Kier alpha value is -1.09. The van der Waals surface area contributed by atoms with E-state index < -0.39 is 0 Å². The minimum Gasteiger partial charge on any atom is -0.356 e. The van der Waals surface area contributed by atoms with Crippen molar-refractivity contribution in [1.29, 1.82) is 0 Å². The van der Waals surface area contributed by atoms with Gasteiger partial charge in [0.25, 0.3) is 0 Å². The Balaban J connectivity index is 1.96. The Morgan fingerprint density at radius 2 is 2.00 bits per heavy atom. The van der Waals surface area contributed by atoms with Crippen molar-refractivity contribution >= 4 is 5.82 Å². The van der Waals surface area contributed by atoms with Crippen LogP contribution in [0.1, 0.15) is 44.2 Å². The summed E-state index contributed by atoms with van der Waals surface area (Å²) in [6.07, 6.45) is 6.01. The molecule has 0 bridgehead atoms. The van der Waals surface area contributed by atoms with Crippen molar-refractivity contribution in [3.05, 3.63) is 23.4 Å². The number of pyridine rings is 1. The molecule has 0 radical (unpaired) electrons. The molecule has 1 N–H and O–H groups in total. The average Bonchev–Trinajstić information content (AvgIpc) is 2.39. The number of aromatic nitrogens is 1. The third-order valence-electron chi connectivity index (χ3n) is 3.64. The molecule has 0 unspecified atom stereocenters. The molecule has 1 aliphatic heterocycles. The maximum absolute atomic E-state index is 4.69. The Morgan fingerprint density at radius 3 is 2.63 bits per heavy atom. The number of nitrogens with zero attached hydrogens (tertiary/aromatic N) is 2. The molecule has 1 fully saturated rings. The molecule has 1 aliphatic rings. The molecule has 0 aliphatic carbocycles. The second-order valence-electron chi connectivity index (χ2n) is 6.06. The van der Waals surface area contributed by atoms with Crippen molar-refractivity contribution in [1.82, 2.24) is 10.3 Å². The Morgan fingerprint density at radius 1 is 1.26 bits per heavy atom. The largest absolute Gasteiger partial charge is 0.356 e. The van der Waals surface area contributed by atoms with Gasteiger partial charge in [-0.15, -0.1) is 0 Å². The van der Waals surface area contributed by atoms with Crippen LogP contribution in [0.2, 0.25) is 0 Å². The number of anilines is 1. The Kier molecular flexibility index (Phi) is 5.20. The topological polar surface area (TPSA) is 28.2 Å². The summed E-state index contributed by atoms with van der Waals surface area (Å²) in [5, 5.41) is 3.47. The monoisotopic (exact) mass is 261 g/mol. The lowest BCUT2D eigenvalue weighted by molar-refractivity contribution is 0.551. The molecule has 1 aromatic heterocycles. The van der Waals surface area contributed by atoms with Crippen molar-refractivity contribution in [2.45, 2.75) is 46.6 Å². The van der Waals surface area contributed by atoms with E-state index in [0.29, 0.717) is 5.92 Å². The predicted molar refractivity (Wildman–Crippen MR) is 81.6 cm³/mol. The lowest BCUT2D eigenvalue weighted by atomic mass is 10.1. The minimum atomic E-state index is 0.696. The smallest absolute Gasteiger partial charge is 0.131 e. The summed E-state index contributed by atoms with van der Waals surface area (Å²) in [6.45, 7) is 11.0. The van der Waals surface area contributed by atoms with Gasteiger partial charge in [0.2, 0.25) is 0 Å². The molecule has 0 aromatic carbocycles. The lowest BCUT2D eigenvalue weighted by Gasteiger charge is -2.29. The minimum absolute atomic E-state index is 0.696. The van der Waals surface area contributed by atoms with Crippen LogP contribution >= 0.6 is 0 Å². The van der Waals surface area contributed by atoms with Crippen LogP contribution in [0.5, 0.6) is 0 Å². The van der Waals surface area contributed by atoms with Gasteiger partial charge in [0.1, 0.15) is 5.82 Å². The highest BCUT2D eigenvalue weighted by Gasteiger charge is 2.14. The predicted octanol–water partition coefficient (Wildman–Crippen LogP) is 3.13. The highest BCUT2D eigenvalue weighted by atomic mass is 15.2. The van der Waals surface area contributed by atoms with Gasteiger partial charge < -0.3 is 10.2 Å². The summed E-state index contributed by atoms with van der Waals surface area (Å²) < 4.78 is 0. The van der Waals surface area contributed by atoms with Gasteiger partial charge in [0.15, 0.2) is 0 Å². The molecular formula is C16H27N3. The van der Waals surface area contributed by atoms with E-state index >= 15 is 0 Å². The summed E-state index contributed by atoms with van der Waals surface area (Å²) in [6, 6.07) is 2.28. The van der Waals surface area contributed by atoms with E-state index in [1.807, 2.05) is 6.20 Å². The highest BCUT2D eigenvalue weighted by Crippen LogP contribution is 2.21. The maximum Gasteiger partial charge on any atom is 0.131 e. The molecule has 19 heavy (non-hydrogen) atoms. The van der Waals surface area contributed by atoms with E-state index in [1.165, 1.54) is 49.3 Å². The lowest BCUT2D eigenvalue weighted by Crippen LogP contribution is -2.30. The van der Waals surface area contributed by atoms with Crippen molar-refractivity contribution < 1.29 is 0 Å². The molecule has 0 atom stereocenters. The fourth-order valence-electron chi connectivity index (χ4n) is 2.66.